The van der Waals surface area contributed by atoms with E-state index >= 15 is 0 Å². The Labute approximate surface area is 123 Å². The number of carbonyl (C=O) groups excluding carboxylic acids is 1. The Morgan fingerprint density at radius 2 is 1.86 bits per heavy atom. The Kier molecular flexibility index (Phi) is 3.77. The molecule has 112 valence electrons. The summed E-state index contributed by atoms with van der Waals surface area (Å²) in [6.45, 7) is 7.16. The number of fused-ring (bicyclic) bond motifs is 1. The van der Waals surface area contributed by atoms with E-state index in [1.807, 2.05) is 31.2 Å². The zero-order valence-electron chi connectivity index (χ0n) is 12.7. The van der Waals surface area contributed by atoms with Gasteiger partial charge in [-0.05, 0) is 18.4 Å². The van der Waals surface area contributed by atoms with Crippen molar-refractivity contribution in [1.29, 1.82) is 0 Å². The van der Waals surface area contributed by atoms with Crippen LogP contribution in [0.1, 0.15) is 36.8 Å². The molecule has 0 saturated heterocycles. The van der Waals surface area contributed by atoms with Crippen molar-refractivity contribution in [3.8, 4) is 0 Å². The van der Waals surface area contributed by atoms with Gasteiger partial charge in [-0.15, -0.1) is 0 Å². The maximum absolute atomic E-state index is 12.5. The van der Waals surface area contributed by atoms with Crippen LogP contribution in [0, 0.1) is 12.3 Å². The summed E-state index contributed by atoms with van der Waals surface area (Å²) in [6.07, 6.45) is 0. The van der Waals surface area contributed by atoms with Gasteiger partial charge in [0, 0.05) is 16.6 Å². The zero-order valence-corrected chi connectivity index (χ0v) is 12.7. The first-order valence-electron chi connectivity index (χ1n) is 6.83. The number of benzene rings is 1. The van der Waals surface area contributed by atoms with Crippen molar-refractivity contribution in [2.24, 2.45) is 5.41 Å². The van der Waals surface area contributed by atoms with Crippen LogP contribution in [0.4, 0.5) is 0 Å². The van der Waals surface area contributed by atoms with Crippen LogP contribution in [0.25, 0.3) is 10.9 Å². The third-order valence-corrected chi connectivity index (χ3v) is 3.51. The molecule has 3 N–H and O–H groups in total. The number of hydrogen-bond donors (Lipinski definition) is 3. The Balaban J connectivity index is 2.39. The summed E-state index contributed by atoms with van der Waals surface area (Å²) in [7, 11) is 0. The number of aromatic nitrogens is 1. The molecular weight excluding hydrogens is 268 g/mol. The van der Waals surface area contributed by atoms with E-state index in [2.05, 4.69) is 10.3 Å². The third-order valence-electron chi connectivity index (χ3n) is 3.51. The topological polar surface area (TPSA) is 82.2 Å². The number of amides is 1. The highest BCUT2D eigenvalue weighted by atomic mass is 16.4. The molecule has 1 aromatic carbocycles. The summed E-state index contributed by atoms with van der Waals surface area (Å²) in [5.41, 5.74) is 1.53. The molecule has 0 radical (unpaired) electrons. The number of carbonyl (C=O) groups is 2. The fourth-order valence-electron chi connectivity index (χ4n) is 2.42. The van der Waals surface area contributed by atoms with Gasteiger partial charge in [0.25, 0.3) is 5.91 Å². The van der Waals surface area contributed by atoms with Crippen molar-refractivity contribution >= 4 is 22.8 Å². The molecule has 21 heavy (non-hydrogen) atoms. The number of hydrogen-bond acceptors (Lipinski definition) is 2. The highest BCUT2D eigenvalue weighted by Gasteiger charge is 2.33. The van der Waals surface area contributed by atoms with Crippen molar-refractivity contribution in [1.82, 2.24) is 10.3 Å². The van der Waals surface area contributed by atoms with Gasteiger partial charge in [0.1, 0.15) is 6.04 Å². The summed E-state index contributed by atoms with van der Waals surface area (Å²) in [6, 6.07) is 6.52. The fraction of sp³-hybridized carbons (Fsp3) is 0.375. The Morgan fingerprint density at radius 3 is 2.43 bits per heavy atom. The lowest BCUT2D eigenvalue weighted by atomic mass is 9.86. The molecular formula is C16H20N2O3. The molecule has 0 aliphatic heterocycles. The number of carboxylic acid groups (broad SMARTS) is 1. The molecule has 0 saturated carbocycles. The summed E-state index contributed by atoms with van der Waals surface area (Å²) >= 11 is 0. The fourth-order valence-corrected chi connectivity index (χ4v) is 2.42. The lowest BCUT2D eigenvalue weighted by Gasteiger charge is -2.27. The molecule has 2 aromatic rings. The molecule has 2 rings (SSSR count). The predicted octanol–water partition coefficient (Wildman–Crippen LogP) is 2.71. The van der Waals surface area contributed by atoms with Crippen LogP contribution in [0.2, 0.25) is 0 Å². The SMILES string of the molecule is Cc1[nH]c2ccccc2c1C(=O)N[C@H](C(=O)O)C(C)(C)C. The molecule has 1 amide bonds. The van der Waals surface area contributed by atoms with Gasteiger partial charge in [0.15, 0.2) is 0 Å². The molecule has 1 aromatic heterocycles. The zero-order chi connectivity index (χ0) is 15.8. The normalized spacial score (nSPS) is 13.1. The number of rotatable bonds is 3. The standard InChI is InChI=1S/C16H20N2O3/c1-9-12(10-7-5-6-8-11(10)17-9)14(19)18-13(15(20)21)16(2,3)4/h5-8,13,17H,1-4H3,(H,18,19)(H,20,21)/t13-/m1/s1. The van der Waals surface area contributed by atoms with Gasteiger partial charge in [-0.25, -0.2) is 4.79 Å². The average Bonchev–Trinajstić information content (AvgIpc) is 2.69. The van der Waals surface area contributed by atoms with Gasteiger partial charge in [-0.1, -0.05) is 39.0 Å². The second-order valence-electron chi connectivity index (χ2n) is 6.28. The molecule has 0 spiro atoms. The molecule has 0 fully saturated rings. The van der Waals surface area contributed by atoms with E-state index in [1.54, 1.807) is 20.8 Å². The van der Waals surface area contributed by atoms with Crippen LogP contribution in [0.5, 0.6) is 0 Å². The van der Waals surface area contributed by atoms with Gasteiger partial charge in [-0.2, -0.15) is 0 Å². The maximum Gasteiger partial charge on any atom is 0.326 e. The Bertz CT molecular complexity index is 695. The minimum absolute atomic E-state index is 0.368. The lowest BCUT2D eigenvalue weighted by Crippen LogP contribution is -2.49. The van der Waals surface area contributed by atoms with Crippen LogP contribution in [-0.4, -0.2) is 28.0 Å². The number of carboxylic acids is 1. The smallest absolute Gasteiger partial charge is 0.326 e. The first-order valence-corrected chi connectivity index (χ1v) is 6.83. The average molecular weight is 288 g/mol. The first kappa shape index (κ1) is 15.1. The Morgan fingerprint density at radius 1 is 1.24 bits per heavy atom. The van der Waals surface area contributed by atoms with E-state index in [1.165, 1.54) is 0 Å². The monoisotopic (exact) mass is 288 g/mol. The van der Waals surface area contributed by atoms with E-state index in [0.29, 0.717) is 5.56 Å². The number of para-hydroxylation sites is 1. The van der Waals surface area contributed by atoms with Gasteiger partial charge >= 0.3 is 5.97 Å². The van der Waals surface area contributed by atoms with Crippen molar-refractivity contribution in [2.45, 2.75) is 33.7 Å². The minimum atomic E-state index is -1.03. The largest absolute Gasteiger partial charge is 0.480 e. The molecule has 0 aliphatic carbocycles. The second-order valence-corrected chi connectivity index (χ2v) is 6.28. The van der Waals surface area contributed by atoms with Gasteiger partial charge < -0.3 is 15.4 Å². The van der Waals surface area contributed by atoms with E-state index in [9.17, 15) is 14.7 Å². The highest BCUT2D eigenvalue weighted by molar-refractivity contribution is 6.09. The molecule has 0 aliphatic rings. The molecule has 1 atom stereocenters. The third kappa shape index (κ3) is 2.91. The summed E-state index contributed by atoms with van der Waals surface area (Å²) < 4.78 is 0. The molecule has 5 nitrogen and oxygen atoms in total. The van der Waals surface area contributed by atoms with Crippen molar-refractivity contribution in [3.63, 3.8) is 0 Å². The van der Waals surface area contributed by atoms with Crippen LogP contribution in [0.15, 0.2) is 24.3 Å². The van der Waals surface area contributed by atoms with Crippen molar-refractivity contribution < 1.29 is 14.7 Å². The number of nitrogens with one attached hydrogen (secondary N) is 2. The van der Waals surface area contributed by atoms with E-state index in [-0.39, 0.29) is 5.91 Å². The van der Waals surface area contributed by atoms with Crippen LogP contribution < -0.4 is 5.32 Å². The molecule has 5 heteroatoms. The number of aryl methyl sites for hydroxylation is 1. The van der Waals surface area contributed by atoms with Gasteiger partial charge in [0.05, 0.1) is 5.56 Å². The number of aliphatic carboxylic acids is 1. The van der Waals surface area contributed by atoms with Crippen molar-refractivity contribution in [2.75, 3.05) is 0 Å². The second kappa shape index (κ2) is 5.24. The first-order chi connectivity index (χ1) is 9.71. The molecule has 0 unspecified atom stereocenters. The van der Waals surface area contributed by atoms with Crippen LogP contribution in [-0.2, 0) is 4.79 Å². The van der Waals surface area contributed by atoms with E-state index in [4.69, 9.17) is 0 Å². The summed E-state index contributed by atoms with van der Waals surface area (Å²) in [5, 5.41) is 12.7. The number of H-pyrrole nitrogens is 1. The quantitative estimate of drug-likeness (QED) is 0.812. The number of aromatic amines is 1. The highest BCUT2D eigenvalue weighted by Crippen LogP contribution is 2.24. The van der Waals surface area contributed by atoms with Crippen LogP contribution >= 0.6 is 0 Å². The summed E-state index contributed by atoms with van der Waals surface area (Å²) in [5.74, 6) is -1.40. The maximum atomic E-state index is 12.5. The predicted molar refractivity (Wildman–Crippen MR) is 81.4 cm³/mol. The molecule has 0 bridgehead atoms. The summed E-state index contributed by atoms with van der Waals surface area (Å²) in [4.78, 5) is 27.0. The van der Waals surface area contributed by atoms with Crippen molar-refractivity contribution in [3.05, 3.63) is 35.5 Å². The Hall–Kier alpha value is -2.30. The van der Waals surface area contributed by atoms with Crippen LogP contribution in [0.3, 0.4) is 0 Å². The lowest BCUT2D eigenvalue weighted by molar-refractivity contribution is -0.142. The minimum Gasteiger partial charge on any atom is -0.480 e. The van der Waals surface area contributed by atoms with Gasteiger partial charge in [-0.3, -0.25) is 4.79 Å². The van der Waals surface area contributed by atoms with E-state index in [0.717, 1.165) is 16.6 Å². The van der Waals surface area contributed by atoms with Gasteiger partial charge in [0.2, 0.25) is 0 Å². The van der Waals surface area contributed by atoms with E-state index < -0.39 is 17.4 Å². The molecule has 1 heterocycles.